The van der Waals surface area contributed by atoms with Crippen molar-refractivity contribution in [3.05, 3.63) is 81.9 Å². The first-order chi connectivity index (χ1) is 13.0. The van der Waals surface area contributed by atoms with Gasteiger partial charge in [0.05, 0.1) is 15.6 Å². The molecule has 3 nitrogen and oxygen atoms in total. The number of carbonyl (C=O) groups excluding carboxylic acids is 1. The molecular weight excluding hydrogens is 398 g/mol. The van der Waals surface area contributed by atoms with E-state index in [9.17, 15) is 4.79 Å². The molecule has 2 heterocycles. The molecular formula is C21H14ClNO2S2. The Bertz CT molecular complexity index is 1070. The van der Waals surface area contributed by atoms with Gasteiger partial charge >= 0.3 is 0 Å². The second-order valence-corrected chi connectivity index (χ2v) is 8.12. The number of halogens is 1. The fraction of sp³-hybridized carbons (Fsp3) is 0.0476. The molecule has 27 heavy (non-hydrogen) atoms. The van der Waals surface area contributed by atoms with E-state index in [4.69, 9.17) is 28.2 Å². The summed E-state index contributed by atoms with van der Waals surface area (Å²) in [4.78, 5) is 14.9. The number of hydrogen-bond donors (Lipinski definition) is 0. The zero-order valence-corrected chi connectivity index (χ0v) is 16.7. The average molecular weight is 412 g/mol. The molecule has 2 aromatic carbocycles. The van der Waals surface area contributed by atoms with Gasteiger partial charge in [0.15, 0.2) is 4.32 Å². The van der Waals surface area contributed by atoms with Crippen LogP contribution in [0.4, 0.5) is 5.69 Å². The van der Waals surface area contributed by atoms with Crippen LogP contribution in [0.1, 0.15) is 11.3 Å². The molecule has 0 aliphatic carbocycles. The monoisotopic (exact) mass is 411 g/mol. The van der Waals surface area contributed by atoms with Gasteiger partial charge in [-0.25, -0.2) is 0 Å². The molecule has 1 saturated heterocycles. The fourth-order valence-corrected chi connectivity index (χ4v) is 4.26. The van der Waals surface area contributed by atoms with Crippen LogP contribution in [0.3, 0.4) is 0 Å². The summed E-state index contributed by atoms with van der Waals surface area (Å²) in [5.74, 6) is 1.08. The summed E-state index contributed by atoms with van der Waals surface area (Å²) in [7, 11) is 0. The van der Waals surface area contributed by atoms with Crippen molar-refractivity contribution in [2.45, 2.75) is 6.92 Å². The maximum absolute atomic E-state index is 12.8. The first-order valence-corrected chi connectivity index (χ1v) is 9.82. The minimum atomic E-state index is -0.149. The molecule has 0 atom stereocenters. The van der Waals surface area contributed by atoms with Gasteiger partial charge in [-0.05, 0) is 43.3 Å². The number of hydrogen-bond acceptors (Lipinski definition) is 4. The van der Waals surface area contributed by atoms with Crippen LogP contribution in [-0.2, 0) is 4.79 Å². The lowest BCUT2D eigenvalue weighted by Gasteiger charge is -2.14. The molecule has 1 fully saturated rings. The number of amides is 1. The molecule has 1 aliphatic rings. The minimum Gasteiger partial charge on any atom is -0.457 e. The number of carbonyl (C=O) groups is 1. The van der Waals surface area contributed by atoms with E-state index >= 15 is 0 Å². The van der Waals surface area contributed by atoms with Gasteiger partial charge in [0, 0.05) is 11.6 Å². The highest BCUT2D eigenvalue weighted by Crippen LogP contribution is 2.37. The van der Waals surface area contributed by atoms with Crippen LogP contribution < -0.4 is 4.90 Å². The van der Waals surface area contributed by atoms with Gasteiger partial charge in [0.2, 0.25) is 0 Å². The Balaban J connectivity index is 1.62. The number of aryl methyl sites for hydroxylation is 1. The summed E-state index contributed by atoms with van der Waals surface area (Å²) < 4.78 is 6.37. The Kier molecular flexibility index (Phi) is 4.91. The van der Waals surface area contributed by atoms with Gasteiger partial charge in [0.1, 0.15) is 11.5 Å². The van der Waals surface area contributed by atoms with E-state index in [1.54, 1.807) is 11.0 Å². The Morgan fingerprint density at radius 3 is 2.56 bits per heavy atom. The summed E-state index contributed by atoms with van der Waals surface area (Å²) in [6, 6.07) is 18.8. The van der Waals surface area contributed by atoms with Crippen molar-refractivity contribution in [1.29, 1.82) is 0 Å². The fourth-order valence-electron chi connectivity index (χ4n) is 2.75. The lowest BCUT2D eigenvalue weighted by atomic mass is 10.2. The number of benzene rings is 2. The molecule has 6 heteroatoms. The van der Waals surface area contributed by atoms with Crippen molar-refractivity contribution in [3.8, 4) is 11.3 Å². The van der Waals surface area contributed by atoms with Crippen LogP contribution in [0.2, 0.25) is 5.02 Å². The van der Waals surface area contributed by atoms with Crippen LogP contribution in [0.25, 0.3) is 17.4 Å². The van der Waals surface area contributed by atoms with E-state index in [0.717, 1.165) is 16.8 Å². The molecule has 0 N–H and O–H groups in total. The molecule has 1 amide bonds. The number of nitrogens with zero attached hydrogens (tertiary/aromatic N) is 1. The predicted octanol–water partition coefficient (Wildman–Crippen LogP) is 6.31. The number of rotatable bonds is 3. The summed E-state index contributed by atoms with van der Waals surface area (Å²) in [6.07, 6.45) is 1.72. The third kappa shape index (κ3) is 3.58. The molecule has 134 valence electrons. The van der Waals surface area contributed by atoms with Crippen LogP contribution in [-0.4, -0.2) is 10.2 Å². The largest absolute Gasteiger partial charge is 0.457 e. The quantitative estimate of drug-likeness (QED) is 0.373. The van der Waals surface area contributed by atoms with Crippen LogP contribution >= 0.6 is 35.6 Å². The SMILES string of the molecule is Cc1ccc(N2C(=O)/C(=C/c3ccc(-c4ccccc4Cl)o3)SC2=S)cc1. The zero-order chi connectivity index (χ0) is 19.0. The van der Waals surface area contributed by atoms with Crippen molar-refractivity contribution in [2.24, 2.45) is 0 Å². The second-order valence-electron chi connectivity index (χ2n) is 6.03. The third-order valence-electron chi connectivity index (χ3n) is 4.13. The molecule has 3 aromatic rings. The van der Waals surface area contributed by atoms with Crippen molar-refractivity contribution in [1.82, 2.24) is 0 Å². The first kappa shape index (κ1) is 18.0. The Morgan fingerprint density at radius 1 is 1.07 bits per heavy atom. The minimum absolute atomic E-state index is 0.149. The lowest BCUT2D eigenvalue weighted by Crippen LogP contribution is -2.27. The van der Waals surface area contributed by atoms with Gasteiger partial charge in [0.25, 0.3) is 5.91 Å². The van der Waals surface area contributed by atoms with Gasteiger partial charge in [-0.3, -0.25) is 9.69 Å². The first-order valence-electron chi connectivity index (χ1n) is 8.22. The number of anilines is 1. The molecule has 0 spiro atoms. The second kappa shape index (κ2) is 7.35. The van der Waals surface area contributed by atoms with Crippen LogP contribution in [0.5, 0.6) is 0 Å². The normalized spacial score (nSPS) is 15.8. The van der Waals surface area contributed by atoms with E-state index in [2.05, 4.69) is 0 Å². The molecule has 0 bridgehead atoms. The van der Waals surface area contributed by atoms with Crippen molar-refractivity contribution in [3.63, 3.8) is 0 Å². The summed E-state index contributed by atoms with van der Waals surface area (Å²) in [5.41, 5.74) is 2.70. The highest BCUT2D eigenvalue weighted by atomic mass is 35.5. The Labute approximate surface area is 171 Å². The van der Waals surface area contributed by atoms with Gasteiger partial charge in [-0.1, -0.05) is 65.4 Å². The summed E-state index contributed by atoms with van der Waals surface area (Å²) in [5, 5.41) is 0.615. The zero-order valence-electron chi connectivity index (χ0n) is 14.3. The maximum atomic E-state index is 12.8. The molecule has 0 unspecified atom stereocenters. The van der Waals surface area contributed by atoms with Crippen LogP contribution in [0, 0.1) is 6.92 Å². The Morgan fingerprint density at radius 2 is 1.81 bits per heavy atom. The molecule has 0 saturated carbocycles. The average Bonchev–Trinajstić information content (AvgIpc) is 3.22. The van der Waals surface area contributed by atoms with Crippen LogP contribution in [0.15, 0.2) is 70.0 Å². The third-order valence-corrected chi connectivity index (χ3v) is 5.76. The van der Waals surface area contributed by atoms with Gasteiger partial charge in [-0.2, -0.15) is 0 Å². The highest BCUT2D eigenvalue weighted by Gasteiger charge is 2.33. The van der Waals surface area contributed by atoms with Crippen molar-refractivity contribution in [2.75, 3.05) is 4.90 Å². The van der Waals surface area contributed by atoms with E-state index in [0.29, 0.717) is 25.8 Å². The van der Waals surface area contributed by atoms with E-state index < -0.39 is 0 Å². The topological polar surface area (TPSA) is 33.5 Å². The number of furan rings is 1. The van der Waals surface area contributed by atoms with E-state index in [1.165, 1.54) is 11.8 Å². The van der Waals surface area contributed by atoms with Crippen molar-refractivity contribution < 1.29 is 9.21 Å². The highest BCUT2D eigenvalue weighted by molar-refractivity contribution is 8.27. The number of thioether (sulfide) groups is 1. The molecule has 0 radical (unpaired) electrons. The number of thiocarbonyl (C=S) groups is 1. The summed E-state index contributed by atoms with van der Waals surface area (Å²) >= 11 is 12.9. The van der Waals surface area contributed by atoms with E-state index in [-0.39, 0.29) is 5.91 Å². The molecule has 1 aliphatic heterocycles. The maximum Gasteiger partial charge on any atom is 0.270 e. The van der Waals surface area contributed by atoms with E-state index in [1.807, 2.05) is 67.6 Å². The molecule has 4 rings (SSSR count). The smallest absolute Gasteiger partial charge is 0.270 e. The summed E-state index contributed by atoms with van der Waals surface area (Å²) in [6.45, 7) is 2.00. The standard InChI is InChI=1S/C21H14ClNO2S2/c1-13-6-8-14(9-7-13)23-20(24)19(27-21(23)26)12-15-10-11-18(25-15)16-4-2-3-5-17(16)22/h2-12H,1H3/b19-12-. The molecule has 1 aromatic heterocycles. The van der Waals surface area contributed by atoms with Crippen molar-refractivity contribution >= 4 is 57.6 Å². The lowest BCUT2D eigenvalue weighted by molar-refractivity contribution is -0.113. The van der Waals surface area contributed by atoms with Gasteiger partial charge in [-0.15, -0.1) is 0 Å². The Hall–Kier alpha value is -2.34. The predicted molar refractivity (Wildman–Crippen MR) is 116 cm³/mol. The van der Waals surface area contributed by atoms with Gasteiger partial charge < -0.3 is 4.42 Å².